The van der Waals surface area contributed by atoms with Crippen molar-refractivity contribution in [3.8, 4) is 5.75 Å². The van der Waals surface area contributed by atoms with Crippen molar-refractivity contribution in [3.05, 3.63) is 78.4 Å². The van der Waals surface area contributed by atoms with Crippen LogP contribution in [0.3, 0.4) is 0 Å². The first-order valence-electron chi connectivity index (χ1n) is 9.14. The number of carbonyl (C=O) groups is 2. The molecule has 7 heteroatoms. The molecule has 6 nitrogen and oxygen atoms in total. The molecule has 0 heterocycles. The van der Waals surface area contributed by atoms with Crippen LogP contribution in [0.15, 0.2) is 72.8 Å². The maximum atomic E-state index is 12.0. The number of benzene rings is 3. The van der Waals surface area contributed by atoms with E-state index in [9.17, 15) is 9.59 Å². The monoisotopic (exact) mass is 407 g/mol. The molecule has 0 aliphatic carbocycles. The second kappa shape index (κ2) is 10.2. The van der Waals surface area contributed by atoms with E-state index in [1.54, 1.807) is 6.07 Å². The van der Waals surface area contributed by atoms with Gasteiger partial charge in [0.25, 0.3) is 5.91 Å². The van der Waals surface area contributed by atoms with Crippen molar-refractivity contribution >= 4 is 39.9 Å². The molecule has 29 heavy (non-hydrogen) atoms. The van der Waals surface area contributed by atoms with E-state index in [1.165, 1.54) is 0 Å². The number of aryl methyl sites for hydroxylation is 1. The van der Waals surface area contributed by atoms with E-state index in [-0.39, 0.29) is 17.6 Å². The molecular formula is C22H21N3O3S. The zero-order valence-electron chi connectivity index (χ0n) is 15.7. The van der Waals surface area contributed by atoms with Crippen LogP contribution in [-0.2, 0) is 16.0 Å². The summed E-state index contributed by atoms with van der Waals surface area (Å²) in [7, 11) is 0. The number of hydrogen-bond acceptors (Lipinski definition) is 4. The molecule has 2 amide bonds. The Morgan fingerprint density at radius 3 is 2.34 bits per heavy atom. The molecule has 0 aliphatic rings. The third-order valence-electron chi connectivity index (χ3n) is 4.14. The van der Waals surface area contributed by atoms with Crippen molar-refractivity contribution in [2.75, 3.05) is 6.61 Å². The molecule has 3 N–H and O–H groups in total. The van der Waals surface area contributed by atoms with Gasteiger partial charge in [0.2, 0.25) is 5.91 Å². The number of hydrogen-bond donors (Lipinski definition) is 3. The predicted octanol–water partition coefficient (Wildman–Crippen LogP) is 2.87. The number of rotatable bonds is 6. The minimum absolute atomic E-state index is 0.00479. The third-order valence-corrected chi connectivity index (χ3v) is 4.35. The predicted molar refractivity (Wildman–Crippen MR) is 116 cm³/mol. The topological polar surface area (TPSA) is 79.5 Å². The van der Waals surface area contributed by atoms with Gasteiger partial charge in [-0.1, -0.05) is 60.7 Å². The fourth-order valence-corrected chi connectivity index (χ4v) is 2.86. The van der Waals surface area contributed by atoms with Gasteiger partial charge in [-0.15, -0.1) is 0 Å². The lowest BCUT2D eigenvalue weighted by Gasteiger charge is -2.11. The molecule has 0 bridgehead atoms. The number of fused-ring (bicyclic) bond motifs is 1. The van der Waals surface area contributed by atoms with Gasteiger partial charge in [-0.25, -0.2) is 0 Å². The molecule has 0 spiro atoms. The molecule has 148 valence electrons. The van der Waals surface area contributed by atoms with Gasteiger partial charge >= 0.3 is 0 Å². The van der Waals surface area contributed by atoms with Gasteiger partial charge in [0.1, 0.15) is 5.75 Å². The van der Waals surface area contributed by atoms with Crippen LogP contribution in [0.2, 0.25) is 0 Å². The molecule has 0 aliphatic heterocycles. The number of amides is 2. The van der Waals surface area contributed by atoms with Crippen molar-refractivity contribution < 1.29 is 14.3 Å². The Balaban J connectivity index is 1.36. The third kappa shape index (κ3) is 6.58. The second-order valence-electron chi connectivity index (χ2n) is 6.33. The van der Waals surface area contributed by atoms with E-state index in [1.807, 2.05) is 66.7 Å². The Labute approximate surface area is 174 Å². The minimum Gasteiger partial charge on any atom is -0.484 e. The summed E-state index contributed by atoms with van der Waals surface area (Å²) < 4.78 is 5.50. The summed E-state index contributed by atoms with van der Waals surface area (Å²) in [5.74, 6) is -0.0565. The molecule has 3 rings (SSSR count). The van der Waals surface area contributed by atoms with Crippen LogP contribution in [0.4, 0.5) is 0 Å². The van der Waals surface area contributed by atoms with E-state index in [0.29, 0.717) is 18.6 Å². The lowest BCUT2D eigenvalue weighted by Crippen LogP contribution is -2.49. The Morgan fingerprint density at radius 1 is 0.828 bits per heavy atom. The molecule has 0 radical (unpaired) electrons. The van der Waals surface area contributed by atoms with E-state index in [2.05, 4.69) is 16.2 Å². The quantitative estimate of drug-likeness (QED) is 0.433. The molecule has 0 aromatic heterocycles. The first-order valence-corrected chi connectivity index (χ1v) is 9.55. The molecule has 0 saturated heterocycles. The summed E-state index contributed by atoms with van der Waals surface area (Å²) in [4.78, 5) is 23.8. The Kier molecular flexibility index (Phi) is 7.13. The van der Waals surface area contributed by atoms with Gasteiger partial charge in [-0.05, 0) is 47.1 Å². The summed E-state index contributed by atoms with van der Waals surface area (Å²) in [6.45, 7) is -0.192. The van der Waals surface area contributed by atoms with Crippen molar-refractivity contribution in [2.24, 2.45) is 0 Å². The van der Waals surface area contributed by atoms with Crippen LogP contribution in [0.1, 0.15) is 12.0 Å². The van der Waals surface area contributed by atoms with Gasteiger partial charge in [-0.2, -0.15) is 0 Å². The molecule has 0 unspecified atom stereocenters. The molecule has 0 fully saturated rings. The summed E-state index contributed by atoms with van der Waals surface area (Å²) in [5.41, 5.74) is 6.06. The van der Waals surface area contributed by atoms with Crippen LogP contribution in [0, 0.1) is 0 Å². The number of ether oxygens (including phenoxy) is 1. The SMILES string of the molecule is O=C(CCc1ccccc1)NNC(=S)NC(=O)COc1ccc2ccccc2c1. The van der Waals surface area contributed by atoms with E-state index in [0.717, 1.165) is 16.3 Å². The fraction of sp³-hybridized carbons (Fsp3) is 0.136. The maximum Gasteiger partial charge on any atom is 0.264 e. The van der Waals surface area contributed by atoms with Crippen LogP contribution in [0.5, 0.6) is 5.75 Å². The lowest BCUT2D eigenvalue weighted by molar-refractivity contribution is -0.123. The van der Waals surface area contributed by atoms with Gasteiger partial charge in [-0.3, -0.25) is 25.8 Å². The zero-order chi connectivity index (χ0) is 20.5. The second-order valence-corrected chi connectivity index (χ2v) is 6.74. The lowest BCUT2D eigenvalue weighted by atomic mass is 10.1. The average molecular weight is 407 g/mol. The number of hydrazine groups is 1. The van der Waals surface area contributed by atoms with Crippen LogP contribution in [0.25, 0.3) is 10.8 Å². The maximum absolute atomic E-state index is 12.0. The van der Waals surface area contributed by atoms with E-state index < -0.39 is 5.91 Å². The van der Waals surface area contributed by atoms with Gasteiger partial charge in [0.15, 0.2) is 11.7 Å². The smallest absolute Gasteiger partial charge is 0.264 e. The Bertz CT molecular complexity index is 1010. The average Bonchev–Trinajstić information content (AvgIpc) is 2.75. The van der Waals surface area contributed by atoms with Crippen molar-refractivity contribution in [1.82, 2.24) is 16.2 Å². The molecule has 0 atom stereocenters. The van der Waals surface area contributed by atoms with Gasteiger partial charge in [0, 0.05) is 6.42 Å². The van der Waals surface area contributed by atoms with E-state index in [4.69, 9.17) is 17.0 Å². The first kappa shape index (κ1) is 20.3. The molecule has 3 aromatic carbocycles. The van der Waals surface area contributed by atoms with Gasteiger partial charge in [0.05, 0.1) is 0 Å². The summed E-state index contributed by atoms with van der Waals surface area (Å²) in [6.07, 6.45) is 0.922. The van der Waals surface area contributed by atoms with Crippen LogP contribution in [-0.4, -0.2) is 23.5 Å². The number of thiocarbonyl (C=S) groups is 1. The zero-order valence-corrected chi connectivity index (χ0v) is 16.5. The van der Waals surface area contributed by atoms with Crippen molar-refractivity contribution in [3.63, 3.8) is 0 Å². The Hall–Kier alpha value is -3.45. The molecule has 3 aromatic rings. The highest BCUT2D eigenvalue weighted by Crippen LogP contribution is 2.20. The van der Waals surface area contributed by atoms with Crippen LogP contribution < -0.4 is 20.9 Å². The first-order chi connectivity index (χ1) is 14.1. The standard InChI is InChI=1S/C22H21N3O3S/c26-20(13-10-16-6-2-1-3-7-16)24-25-22(29)23-21(27)15-28-19-12-11-17-8-4-5-9-18(17)14-19/h1-9,11-12,14H,10,13,15H2,(H,24,26)(H2,23,25,27,29). The fourth-order valence-electron chi connectivity index (χ4n) is 2.69. The normalized spacial score (nSPS) is 10.2. The van der Waals surface area contributed by atoms with E-state index >= 15 is 0 Å². The highest BCUT2D eigenvalue weighted by atomic mass is 32.1. The highest BCUT2D eigenvalue weighted by Gasteiger charge is 2.08. The Morgan fingerprint density at radius 2 is 1.55 bits per heavy atom. The summed E-state index contributed by atoms with van der Waals surface area (Å²) in [5, 5.41) is 4.59. The number of carbonyl (C=O) groups excluding carboxylic acids is 2. The van der Waals surface area contributed by atoms with Crippen molar-refractivity contribution in [1.29, 1.82) is 0 Å². The minimum atomic E-state index is -0.422. The highest BCUT2D eigenvalue weighted by molar-refractivity contribution is 7.80. The summed E-state index contributed by atoms with van der Waals surface area (Å²) in [6, 6.07) is 23.2. The van der Waals surface area contributed by atoms with Gasteiger partial charge < -0.3 is 4.74 Å². The van der Waals surface area contributed by atoms with Crippen LogP contribution >= 0.6 is 12.2 Å². The largest absolute Gasteiger partial charge is 0.484 e. The summed E-state index contributed by atoms with van der Waals surface area (Å²) >= 11 is 5.01. The number of nitrogens with one attached hydrogen (secondary N) is 3. The molecule has 0 saturated carbocycles. The van der Waals surface area contributed by atoms with Crippen molar-refractivity contribution in [2.45, 2.75) is 12.8 Å². The molecular weight excluding hydrogens is 386 g/mol.